The SMILES string of the molecule is CCCSc1nnc(NC(=O)CN(c2ccc(OCC)cc2)S(=O)(=O)c2ccc(F)cc2)s1. The van der Waals surface area contributed by atoms with Crippen molar-refractivity contribution in [2.24, 2.45) is 0 Å². The lowest BCUT2D eigenvalue weighted by atomic mass is 10.3. The second-order valence-electron chi connectivity index (χ2n) is 6.66. The monoisotopic (exact) mass is 510 g/mol. The number of rotatable bonds is 11. The standard InChI is InChI=1S/C21H23FN4O4S3/c1-3-13-31-21-25-24-20(32-21)23-19(27)14-26(16-7-9-17(10-8-16)30-4-2)33(28,29)18-11-5-15(22)6-12-18/h5-12H,3-4,13-14H2,1-2H3,(H,23,24,27). The van der Waals surface area contributed by atoms with Crippen molar-refractivity contribution >= 4 is 49.8 Å². The van der Waals surface area contributed by atoms with Crippen LogP contribution in [0, 0.1) is 5.82 Å². The van der Waals surface area contributed by atoms with Gasteiger partial charge in [-0.2, -0.15) is 0 Å². The van der Waals surface area contributed by atoms with Crippen molar-refractivity contribution in [3.8, 4) is 5.75 Å². The Morgan fingerprint density at radius 1 is 1.12 bits per heavy atom. The first-order valence-corrected chi connectivity index (χ1v) is 13.3. The molecule has 1 N–H and O–H groups in total. The lowest BCUT2D eigenvalue weighted by molar-refractivity contribution is -0.114. The molecular formula is C21H23FN4O4S3. The minimum Gasteiger partial charge on any atom is -0.494 e. The second kappa shape index (κ2) is 11.4. The van der Waals surface area contributed by atoms with E-state index in [1.165, 1.54) is 23.1 Å². The zero-order valence-corrected chi connectivity index (χ0v) is 20.5. The maximum Gasteiger partial charge on any atom is 0.264 e. The summed E-state index contributed by atoms with van der Waals surface area (Å²) in [7, 11) is -4.16. The van der Waals surface area contributed by atoms with Gasteiger partial charge in [-0.3, -0.25) is 14.4 Å². The highest BCUT2D eigenvalue weighted by Gasteiger charge is 2.28. The maximum atomic E-state index is 13.3. The van der Waals surface area contributed by atoms with Crippen LogP contribution in [-0.4, -0.2) is 43.4 Å². The Bertz CT molecular complexity index is 1170. The number of nitrogens with one attached hydrogen (secondary N) is 1. The van der Waals surface area contributed by atoms with Crippen LogP contribution in [0.3, 0.4) is 0 Å². The number of ether oxygens (including phenoxy) is 1. The first-order valence-electron chi connectivity index (χ1n) is 10.1. The number of nitrogens with zero attached hydrogens (tertiary/aromatic N) is 3. The van der Waals surface area contributed by atoms with E-state index in [0.717, 1.165) is 45.1 Å². The average molecular weight is 511 g/mol. The molecule has 0 spiro atoms. The molecule has 2 aromatic carbocycles. The third-order valence-electron chi connectivity index (χ3n) is 4.21. The fourth-order valence-corrected chi connectivity index (χ4v) is 5.84. The molecule has 0 atom stereocenters. The molecule has 1 amide bonds. The zero-order chi connectivity index (χ0) is 23.8. The Morgan fingerprint density at radius 2 is 1.82 bits per heavy atom. The zero-order valence-electron chi connectivity index (χ0n) is 18.0. The van der Waals surface area contributed by atoms with Gasteiger partial charge in [0.25, 0.3) is 10.0 Å². The maximum absolute atomic E-state index is 13.3. The first-order chi connectivity index (χ1) is 15.8. The van der Waals surface area contributed by atoms with Gasteiger partial charge < -0.3 is 4.74 Å². The van der Waals surface area contributed by atoms with Gasteiger partial charge in [0, 0.05) is 5.75 Å². The summed E-state index contributed by atoms with van der Waals surface area (Å²) >= 11 is 2.75. The predicted octanol–water partition coefficient (Wildman–Crippen LogP) is 4.41. The first kappa shape index (κ1) is 24.9. The molecule has 0 fully saturated rings. The number of aromatic nitrogens is 2. The van der Waals surface area contributed by atoms with Gasteiger partial charge in [0.05, 0.1) is 17.2 Å². The number of anilines is 2. The van der Waals surface area contributed by atoms with E-state index in [1.54, 1.807) is 24.3 Å². The van der Waals surface area contributed by atoms with E-state index in [0.29, 0.717) is 12.4 Å². The van der Waals surface area contributed by atoms with Crippen molar-refractivity contribution in [3.05, 3.63) is 54.3 Å². The van der Waals surface area contributed by atoms with Crippen LogP contribution in [0.25, 0.3) is 0 Å². The molecule has 0 aliphatic rings. The van der Waals surface area contributed by atoms with Gasteiger partial charge in [-0.15, -0.1) is 10.2 Å². The molecule has 0 radical (unpaired) electrons. The van der Waals surface area contributed by atoms with Crippen molar-refractivity contribution in [1.82, 2.24) is 10.2 Å². The number of sulfonamides is 1. The summed E-state index contributed by atoms with van der Waals surface area (Å²) in [5, 5.41) is 10.8. The second-order valence-corrected chi connectivity index (χ2v) is 10.8. The quantitative estimate of drug-likeness (QED) is 0.301. The molecule has 8 nitrogen and oxygen atoms in total. The number of halogens is 1. The van der Waals surface area contributed by atoms with Gasteiger partial charge in [0.2, 0.25) is 11.0 Å². The fourth-order valence-electron chi connectivity index (χ4n) is 2.72. The highest BCUT2D eigenvalue weighted by Crippen LogP contribution is 2.28. The summed E-state index contributed by atoms with van der Waals surface area (Å²) < 4.78 is 47.1. The number of hydrogen-bond acceptors (Lipinski definition) is 8. The lowest BCUT2D eigenvalue weighted by Crippen LogP contribution is -2.38. The molecule has 3 rings (SSSR count). The van der Waals surface area contributed by atoms with E-state index in [-0.39, 0.29) is 15.7 Å². The van der Waals surface area contributed by atoms with Crippen LogP contribution in [0.4, 0.5) is 15.2 Å². The normalized spacial score (nSPS) is 11.2. The molecule has 0 unspecified atom stereocenters. The van der Waals surface area contributed by atoms with Crippen molar-refractivity contribution < 1.29 is 22.3 Å². The summed E-state index contributed by atoms with van der Waals surface area (Å²) in [5.41, 5.74) is 0.259. The molecule has 0 saturated carbocycles. The number of carbonyl (C=O) groups is 1. The molecule has 1 heterocycles. The molecular weight excluding hydrogens is 487 g/mol. The van der Waals surface area contributed by atoms with Gasteiger partial charge in [0.15, 0.2) is 4.34 Å². The van der Waals surface area contributed by atoms with Crippen molar-refractivity contribution in [2.45, 2.75) is 29.5 Å². The van der Waals surface area contributed by atoms with E-state index in [4.69, 9.17) is 4.74 Å². The summed E-state index contributed by atoms with van der Waals surface area (Å²) in [6.07, 6.45) is 0.976. The number of benzene rings is 2. The molecule has 176 valence electrons. The van der Waals surface area contributed by atoms with E-state index in [2.05, 4.69) is 15.5 Å². The predicted molar refractivity (Wildman–Crippen MR) is 128 cm³/mol. The molecule has 0 saturated heterocycles. The fraction of sp³-hybridized carbons (Fsp3) is 0.286. The van der Waals surface area contributed by atoms with Crippen LogP contribution < -0.4 is 14.4 Å². The van der Waals surface area contributed by atoms with Gasteiger partial charge in [-0.1, -0.05) is 30.0 Å². The third-order valence-corrected chi connectivity index (χ3v) is 8.17. The minimum atomic E-state index is -4.16. The third kappa shape index (κ3) is 6.65. The highest BCUT2D eigenvalue weighted by atomic mass is 32.2. The van der Waals surface area contributed by atoms with Gasteiger partial charge >= 0.3 is 0 Å². The van der Waals surface area contributed by atoms with Gasteiger partial charge in [-0.25, -0.2) is 12.8 Å². The van der Waals surface area contributed by atoms with Crippen molar-refractivity contribution in [2.75, 3.05) is 28.5 Å². The van der Waals surface area contributed by atoms with E-state index in [1.807, 2.05) is 13.8 Å². The number of hydrogen-bond donors (Lipinski definition) is 1. The van der Waals surface area contributed by atoms with Gasteiger partial charge in [0.1, 0.15) is 18.1 Å². The van der Waals surface area contributed by atoms with E-state index in [9.17, 15) is 17.6 Å². The van der Waals surface area contributed by atoms with Crippen LogP contribution in [0.15, 0.2) is 57.8 Å². The molecule has 0 aliphatic carbocycles. The number of thioether (sulfide) groups is 1. The molecule has 3 aromatic rings. The Kier molecular flexibility index (Phi) is 8.64. The highest BCUT2D eigenvalue weighted by molar-refractivity contribution is 8.01. The number of amides is 1. The molecule has 1 aromatic heterocycles. The smallest absolute Gasteiger partial charge is 0.264 e. The summed E-state index contributed by atoms with van der Waals surface area (Å²) in [5.74, 6) is 0.296. The summed E-state index contributed by atoms with van der Waals surface area (Å²) in [4.78, 5) is 12.6. The van der Waals surface area contributed by atoms with Crippen molar-refractivity contribution in [3.63, 3.8) is 0 Å². The van der Waals surface area contributed by atoms with E-state index < -0.39 is 28.3 Å². The van der Waals surface area contributed by atoms with E-state index >= 15 is 0 Å². The Hall–Kier alpha value is -2.70. The van der Waals surface area contributed by atoms with Crippen LogP contribution in [0.5, 0.6) is 5.75 Å². The Balaban J connectivity index is 1.85. The van der Waals surface area contributed by atoms with Crippen LogP contribution >= 0.6 is 23.1 Å². The summed E-state index contributed by atoms with van der Waals surface area (Å²) in [6.45, 7) is 3.83. The molecule has 0 bridgehead atoms. The lowest BCUT2D eigenvalue weighted by Gasteiger charge is -2.24. The number of carbonyl (C=O) groups excluding carboxylic acids is 1. The summed E-state index contributed by atoms with van der Waals surface area (Å²) in [6, 6.07) is 10.8. The van der Waals surface area contributed by atoms with Gasteiger partial charge in [-0.05, 0) is 61.9 Å². The Morgan fingerprint density at radius 3 is 2.45 bits per heavy atom. The molecule has 12 heteroatoms. The van der Waals surface area contributed by atoms with Crippen LogP contribution in [-0.2, 0) is 14.8 Å². The topological polar surface area (TPSA) is 101 Å². The molecule has 33 heavy (non-hydrogen) atoms. The minimum absolute atomic E-state index is 0.139. The average Bonchev–Trinajstić information content (AvgIpc) is 3.24. The van der Waals surface area contributed by atoms with Crippen LogP contribution in [0.1, 0.15) is 20.3 Å². The van der Waals surface area contributed by atoms with Crippen LogP contribution in [0.2, 0.25) is 0 Å². The molecule has 0 aliphatic heterocycles. The Labute approximate surface area is 200 Å². The largest absolute Gasteiger partial charge is 0.494 e. The van der Waals surface area contributed by atoms with Crippen molar-refractivity contribution in [1.29, 1.82) is 0 Å².